The summed E-state index contributed by atoms with van der Waals surface area (Å²) in [7, 11) is 0. The Bertz CT molecular complexity index is 1660. The van der Waals surface area contributed by atoms with Crippen LogP contribution >= 0.6 is 11.6 Å². The quantitative estimate of drug-likeness (QED) is 0.151. The van der Waals surface area contributed by atoms with Crippen LogP contribution in [0.4, 0.5) is 0 Å². The SMILES string of the molecule is C/C1=C\[C@@H](C)C([C@@H](C)OC(=O)C(=O)NCc2ccccc2Cl)OC(=O)CCC2C=CC3C(C4[C@H]3[C@H](OC(=O)c3ccc[nH]3)[C@H](C)[C@H]4O)[C@]12O. The number of carbonyl (C=O) groups excluding carboxylic acids is 4. The molecule has 0 saturated heterocycles. The molecule has 262 valence electrons. The molecule has 3 aliphatic carbocycles. The number of aliphatic hydroxyl groups excluding tert-OH is 1. The van der Waals surface area contributed by atoms with E-state index >= 15 is 0 Å². The molecule has 2 heterocycles. The molecule has 11 nitrogen and oxygen atoms in total. The summed E-state index contributed by atoms with van der Waals surface area (Å²) >= 11 is 6.15. The summed E-state index contributed by atoms with van der Waals surface area (Å²) in [6, 6.07) is 10.3. The number of allylic oxidation sites excluding steroid dienone is 1. The number of aromatic amines is 1. The van der Waals surface area contributed by atoms with E-state index in [4.69, 9.17) is 25.8 Å². The first-order valence-corrected chi connectivity index (χ1v) is 17.2. The second kappa shape index (κ2) is 13.8. The molecule has 2 saturated carbocycles. The molecule has 0 spiro atoms. The lowest BCUT2D eigenvalue weighted by Crippen LogP contribution is -2.64. The Morgan fingerprint density at radius 2 is 1.90 bits per heavy atom. The Hall–Kier alpha value is -3.93. The van der Waals surface area contributed by atoms with Gasteiger partial charge in [-0.05, 0) is 61.4 Å². The highest BCUT2D eigenvalue weighted by Gasteiger charge is 2.70. The van der Waals surface area contributed by atoms with Gasteiger partial charge in [-0.25, -0.2) is 9.59 Å². The number of halogens is 1. The van der Waals surface area contributed by atoms with Gasteiger partial charge in [0.05, 0.1) is 11.7 Å². The van der Waals surface area contributed by atoms with E-state index in [0.717, 1.165) is 0 Å². The first kappa shape index (κ1) is 34.9. The number of carbonyl (C=O) groups is 4. The van der Waals surface area contributed by atoms with Gasteiger partial charge in [0, 0.05) is 53.8 Å². The Morgan fingerprint density at radius 1 is 1.14 bits per heavy atom. The molecule has 49 heavy (non-hydrogen) atoms. The van der Waals surface area contributed by atoms with Gasteiger partial charge in [0.1, 0.15) is 24.0 Å². The van der Waals surface area contributed by atoms with Gasteiger partial charge in [0.15, 0.2) is 0 Å². The van der Waals surface area contributed by atoms with Crippen molar-refractivity contribution in [3.05, 3.63) is 82.7 Å². The van der Waals surface area contributed by atoms with Crippen LogP contribution in [0, 0.1) is 41.4 Å². The molecular formula is C37H43ClN2O9. The molecule has 5 unspecified atom stereocenters. The lowest BCUT2D eigenvalue weighted by Gasteiger charge is -2.61. The highest BCUT2D eigenvalue weighted by atomic mass is 35.5. The number of H-pyrrole nitrogens is 1. The zero-order valence-electron chi connectivity index (χ0n) is 27.9. The Kier molecular flexibility index (Phi) is 9.81. The molecule has 4 aliphatic rings. The number of hydrogen-bond acceptors (Lipinski definition) is 9. The average molecular weight is 695 g/mol. The predicted molar refractivity (Wildman–Crippen MR) is 178 cm³/mol. The molecule has 12 atom stereocenters. The van der Waals surface area contributed by atoms with E-state index in [1.54, 1.807) is 56.4 Å². The van der Waals surface area contributed by atoms with Crippen molar-refractivity contribution in [2.75, 3.05) is 0 Å². The zero-order chi connectivity index (χ0) is 35.2. The number of amides is 1. The molecule has 4 N–H and O–H groups in total. The molecule has 6 rings (SSSR count). The number of aromatic nitrogens is 1. The van der Waals surface area contributed by atoms with Crippen LogP contribution < -0.4 is 5.32 Å². The number of hydrogen-bond donors (Lipinski definition) is 4. The second-order valence-corrected chi connectivity index (χ2v) is 14.4. The molecule has 0 radical (unpaired) electrons. The molecule has 2 aromatic rings. The van der Waals surface area contributed by atoms with E-state index in [2.05, 4.69) is 10.3 Å². The zero-order valence-corrected chi connectivity index (χ0v) is 28.6. The number of ether oxygens (including phenoxy) is 3. The van der Waals surface area contributed by atoms with Crippen molar-refractivity contribution in [1.29, 1.82) is 0 Å². The molecule has 2 fully saturated rings. The van der Waals surface area contributed by atoms with Crippen LogP contribution in [0.1, 0.15) is 56.6 Å². The van der Waals surface area contributed by atoms with E-state index in [1.165, 1.54) is 0 Å². The van der Waals surface area contributed by atoms with Crippen LogP contribution in [0.5, 0.6) is 0 Å². The van der Waals surface area contributed by atoms with Crippen molar-refractivity contribution in [1.82, 2.24) is 10.3 Å². The first-order valence-electron chi connectivity index (χ1n) is 16.9. The minimum absolute atomic E-state index is 0.00632. The highest BCUT2D eigenvalue weighted by Crippen LogP contribution is 2.66. The summed E-state index contributed by atoms with van der Waals surface area (Å²) in [5.74, 6) is -5.48. The maximum atomic E-state index is 13.1. The monoisotopic (exact) mass is 694 g/mol. The number of fused-ring (bicyclic) bond motifs is 6. The Balaban J connectivity index is 1.19. The second-order valence-electron chi connectivity index (χ2n) is 14.0. The van der Waals surface area contributed by atoms with E-state index in [9.17, 15) is 29.4 Å². The van der Waals surface area contributed by atoms with Gasteiger partial charge in [0.25, 0.3) is 0 Å². The largest absolute Gasteiger partial charge is 0.458 e. The fraction of sp³-hybridized carbons (Fsp3) is 0.514. The fourth-order valence-corrected chi connectivity index (χ4v) is 8.93. The molecule has 1 aromatic heterocycles. The van der Waals surface area contributed by atoms with E-state index in [1.807, 2.05) is 32.1 Å². The number of benzene rings is 1. The van der Waals surface area contributed by atoms with Crippen molar-refractivity contribution in [3.63, 3.8) is 0 Å². The fourth-order valence-electron chi connectivity index (χ4n) is 8.73. The van der Waals surface area contributed by atoms with Crippen LogP contribution in [0.25, 0.3) is 0 Å². The number of rotatable bonds is 6. The van der Waals surface area contributed by atoms with E-state index < -0.39 is 65.7 Å². The van der Waals surface area contributed by atoms with Crippen LogP contribution in [-0.2, 0) is 35.1 Å². The summed E-state index contributed by atoms with van der Waals surface area (Å²) in [6.07, 6.45) is 4.44. The van der Waals surface area contributed by atoms with Crippen LogP contribution in [0.15, 0.2) is 66.4 Å². The maximum Gasteiger partial charge on any atom is 0.397 e. The summed E-state index contributed by atoms with van der Waals surface area (Å²) in [4.78, 5) is 54.2. The van der Waals surface area contributed by atoms with Crippen molar-refractivity contribution in [3.8, 4) is 0 Å². The van der Waals surface area contributed by atoms with E-state index in [0.29, 0.717) is 21.9 Å². The molecular weight excluding hydrogens is 652 g/mol. The Labute approximate surface area is 290 Å². The minimum Gasteiger partial charge on any atom is -0.458 e. The smallest absolute Gasteiger partial charge is 0.397 e. The van der Waals surface area contributed by atoms with Gasteiger partial charge in [0.2, 0.25) is 0 Å². The third-order valence-corrected chi connectivity index (χ3v) is 11.5. The summed E-state index contributed by atoms with van der Waals surface area (Å²) in [5.41, 5.74) is 0.205. The molecule has 0 bridgehead atoms. The molecule has 12 heteroatoms. The molecule has 1 aromatic carbocycles. The van der Waals surface area contributed by atoms with Crippen molar-refractivity contribution in [2.45, 2.75) is 77.1 Å². The van der Waals surface area contributed by atoms with Crippen molar-refractivity contribution < 1.29 is 43.6 Å². The van der Waals surface area contributed by atoms with Crippen LogP contribution in [0.2, 0.25) is 5.02 Å². The third kappa shape index (κ3) is 6.32. The normalized spacial score (nSPS) is 36.7. The van der Waals surface area contributed by atoms with Crippen LogP contribution in [-0.4, -0.2) is 69.0 Å². The van der Waals surface area contributed by atoms with Gasteiger partial charge >= 0.3 is 23.8 Å². The number of nitrogens with one attached hydrogen (secondary N) is 2. The first-order chi connectivity index (χ1) is 23.3. The van der Waals surface area contributed by atoms with Gasteiger partial charge in [-0.15, -0.1) is 0 Å². The summed E-state index contributed by atoms with van der Waals surface area (Å²) in [5, 5.41) is 27.2. The summed E-state index contributed by atoms with van der Waals surface area (Å²) < 4.78 is 17.3. The van der Waals surface area contributed by atoms with Gasteiger partial charge in [-0.2, -0.15) is 0 Å². The topological polar surface area (TPSA) is 164 Å². The number of aliphatic hydroxyl groups is 2. The lowest BCUT2D eigenvalue weighted by atomic mass is 9.46. The third-order valence-electron chi connectivity index (χ3n) is 11.2. The number of esters is 3. The minimum atomic E-state index is -1.41. The van der Waals surface area contributed by atoms with Gasteiger partial charge in [-0.3, -0.25) is 9.59 Å². The van der Waals surface area contributed by atoms with Crippen molar-refractivity contribution >= 4 is 35.4 Å². The van der Waals surface area contributed by atoms with Crippen molar-refractivity contribution in [2.24, 2.45) is 41.4 Å². The lowest BCUT2D eigenvalue weighted by molar-refractivity contribution is -0.180. The average Bonchev–Trinajstić information content (AvgIpc) is 3.66. The van der Waals surface area contributed by atoms with E-state index in [-0.39, 0.29) is 49.0 Å². The number of cyclic esters (lactones) is 1. The Morgan fingerprint density at radius 3 is 2.61 bits per heavy atom. The van der Waals surface area contributed by atoms with Crippen LogP contribution in [0.3, 0.4) is 0 Å². The van der Waals surface area contributed by atoms with Gasteiger partial charge < -0.3 is 34.7 Å². The molecule has 1 amide bonds. The predicted octanol–water partition coefficient (Wildman–Crippen LogP) is 4.14. The maximum absolute atomic E-state index is 13.1. The summed E-state index contributed by atoms with van der Waals surface area (Å²) in [6.45, 7) is 7.08. The highest BCUT2D eigenvalue weighted by molar-refractivity contribution is 6.33. The standard InChI is InChI=1S/C37H43ClN2O9/c1-18-16-19(2)37(46)23(11-13-24-28-29(30(24)37)31(42)20(3)33(28)49-35(44)26-10-7-15-39-26)12-14-27(41)48-32(18)21(4)47-36(45)34(43)40-17-22-8-5-6-9-25(22)38/h5-11,13,15-16,18,20-21,23-24,28-33,39,42,46H,12,14,17H2,1-4H3,(H,40,43)/b19-16+/t18-,20-,21-,23?,24?,28+,29?,30?,31-,32?,33-,37+/m1/s1. The van der Waals surface area contributed by atoms with Gasteiger partial charge in [-0.1, -0.05) is 61.9 Å². The molecule has 1 aliphatic heterocycles.